The highest BCUT2D eigenvalue weighted by Gasteiger charge is 2.57. The summed E-state index contributed by atoms with van der Waals surface area (Å²) in [6.45, 7) is -1.69. The molecule has 8 aromatic rings. The third kappa shape index (κ3) is 9.99. The van der Waals surface area contributed by atoms with Crippen molar-refractivity contribution in [2.45, 2.75) is 49.0 Å². The molecule has 35 nitrogen and oxygen atoms in total. The molecule has 2 bridgehead atoms. The smallest absolute Gasteiger partial charge is 0.339 e. The molecule has 0 saturated heterocycles. The Kier molecular flexibility index (Phi) is 15.0. The molecule has 506 valence electrons. The van der Waals surface area contributed by atoms with Gasteiger partial charge in [0.05, 0.1) is 39.3 Å². The molecule has 0 amide bonds. The van der Waals surface area contributed by atoms with Crippen molar-refractivity contribution in [3.8, 4) is 154 Å². The van der Waals surface area contributed by atoms with Gasteiger partial charge in [-0.15, -0.1) is 0 Å². The fourth-order valence-corrected chi connectivity index (χ4v) is 11.9. The van der Waals surface area contributed by atoms with Crippen LogP contribution >= 0.6 is 0 Å². The number of carbonyl (C=O) groups is 6. The number of benzene rings is 8. The van der Waals surface area contributed by atoms with Crippen LogP contribution in [0.4, 0.5) is 0 Å². The average Bonchev–Trinajstić information content (AvgIpc) is 0.725. The molecule has 0 aliphatic carbocycles. The number of rotatable bonds is 7. The van der Waals surface area contributed by atoms with Crippen LogP contribution in [0.25, 0.3) is 22.3 Å². The van der Waals surface area contributed by atoms with Crippen LogP contribution in [0.3, 0.4) is 0 Å². The van der Waals surface area contributed by atoms with Crippen LogP contribution in [0.1, 0.15) is 96.4 Å². The molecular weight excluding hydrogens is 1320 g/mol. The van der Waals surface area contributed by atoms with Crippen molar-refractivity contribution in [2.24, 2.45) is 0 Å². The monoisotopic (exact) mass is 1360 g/mol. The molecule has 0 unspecified atom stereocenters. The van der Waals surface area contributed by atoms with Gasteiger partial charge in [0.2, 0.25) is 23.0 Å². The van der Waals surface area contributed by atoms with Crippen molar-refractivity contribution in [2.75, 3.05) is 6.61 Å². The second-order valence-electron chi connectivity index (χ2n) is 22.2. The molecule has 0 spiro atoms. The molecule has 0 fully saturated rings. The van der Waals surface area contributed by atoms with Crippen molar-refractivity contribution in [3.63, 3.8) is 0 Å². The third-order valence-corrected chi connectivity index (χ3v) is 16.5. The lowest BCUT2D eigenvalue weighted by molar-refractivity contribution is -0.135. The Morgan fingerprint density at radius 3 is 1.29 bits per heavy atom. The van der Waals surface area contributed by atoms with Crippen LogP contribution < -0.4 is 4.74 Å². The van der Waals surface area contributed by atoms with Crippen molar-refractivity contribution in [3.05, 3.63) is 122 Å². The summed E-state index contributed by atoms with van der Waals surface area (Å²) in [4.78, 5) is 89.2. The molecule has 8 aromatic carbocycles. The Morgan fingerprint density at radius 1 is 0.347 bits per heavy atom. The van der Waals surface area contributed by atoms with Crippen LogP contribution in [0.15, 0.2) is 66.7 Å². The Morgan fingerprint density at radius 2 is 0.786 bits per heavy atom. The van der Waals surface area contributed by atoms with E-state index in [-0.39, 0.29) is 11.6 Å². The largest absolute Gasteiger partial charge is 0.507 e. The summed E-state index contributed by atoms with van der Waals surface area (Å²) in [5.74, 6) is -44.2. The van der Waals surface area contributed by atoms with Gasteiger partial charge in [0.1, 0.15) is 30.0 Å². The summed E-state index contributed by atoms with van der Waals surface area (Å²) >= 11 is 0. The third-order valence-electron chi connectivity index (χ3n) is 16.5. The maximum absolute atomic E-state index is 15.4. The number of esters is 6. The van der Waals surface area contributed by atoms with E-state index in [9.17, 15) is 127 Å². The Bertz CT molecular complexity index is 4850. The van der Waals surface area contributed by atoms with Gasteiger partial charge in [-0.3, -0.25) is 0 Å². The number of cyclic esters (lactones) is 3. The fraction of sp³-hybridized carbons (Fsp3) is 0.143. The van der Waals surface area contributed by atoms with Gasteiger partial charge < -0.3 is 146 Å². The number of fused-ring (bicyclic) bond motifs is 8. The van der Waals surface area contributed by atoms with E-state index in [0.29, 0.717) is 42.5 Å². The van der Waals surface area contributed by atoms with Crippen LogP contribution in [0.5, 0.6) is 132 Å². The molecule has 0 saturated carbocycles. The van der Waals surface area contributed by atoms with E-state index in [4.69, 9.17) is 33.2 Å². The van der Waals surface area contributed by atoms with Gasteiger partial charge in [-0.2, -0.15) is 0 Å². The first kappa shape index (κ1) is 64.1. The Hall–Kier alpha value is -14.0. The number of carbonyl (C=O) groups excluding carboxylic acids is 6. The maximum Gasteiger partial charge on any atom is 0.339 e. The van der Waals surface area contributed by atoms with Crippen LogP contribution in [-0.2, 0) is 34.8 Å². The van der Waals surface area contributed by atoms with Crippen molar-refractivity contribution in [1.82, 2.24) is 0 Å². The summed E-state index contributed by atoms with van der Waals surface area (Å²) < 4.78 is 41.3. The predicted octanol–water partition coefficient (Wildman–Crippen LogP) is 4.28. The standard InChI is InChI=1S/C63H44O35/c64-21-2-1-14(3-22(21)65)54-32(94-58(86)15-4-24(67)43(75)25(68)5-15)11-17-31(93-54)12-23(66)37(42(17)74)40-39-41-38(51(83)53(85)52(39)84)36-20(10-30(73)47(79)50(36)82)62(90)98-57(56(40)97-63(41)91)55-33(95-59(87)16-6-26(69)44(76)27(70)7-16)13-92-60(88)18-8-28(71)45(77)48(80)34(18)35-19(61(89)96-55)9-29(72)46(78)49(35)81/h1-10,12,32-33,40,54-57,64-85H,11,13H2/t32-,33-,40+,54-,55-,56+,57+/m1/s1. The normalized spacial score (nSPS) is 19.3. The SMILES string of the molecule is O=C(O[C@@H]1COC(=O)c2cc(O)c(O)c(O)c2-c2c(cc(O)c(O)c2O)C(=O)O[C@H]1[C@@H]1OC(=O)c2cc(O)c(O)c(O)c2-c2c(O)c(O)c(O)c3c2C(=O)O[C@H]1[C@H]3c1c(O)cc2c(c1O)C[C@@H](OC(=O)c1cc(O)c(O)c(O)c1)[C@@H](c1ccc(O)c(O)c1)O2)c1cc(O)c(O)c(O)c1. The number of ether oxygens (including phenoxy) is 7. The van der Waals surface area contributed by atoms with Gasteiger partial charge in [0.25, 0.3) is 0 Å². The molecule has 4 aliphatic rings. The predicted molar refractivity (Wildman–Crippen MR) is 311 cm³/mol. The zero-order chi connectivity index (χ0) is 71.0. The van der Waals surface area contributed by atoms with Crippen LogP contribution in [-0.4, -0.2) is 185 Å². The quantitative estimate of drug-likeness (QED) is 0.0601. The van der Waals surface area contributed by atoms with Crippen molar-refractivity contribution in [1.29, 1.82) is 0 Å². The number of aromatic hydroxyl groups is 22. The highest BCUT2D eigenvalue weighted by molar-refractivity contribution is 6.11. The van der Waals surface area contributed by atoms with Gasteiger partial charge in [0.15, 0.2) is 123 Å². The summed E-state index contributed by atoms with van der Waals surface area (Å²) in [7, 11) is 0. The molecule has 22 N–H and O–H groups in total. The van der Waals surface area contributed by atoms with E-state index < -0.39 is 296 Å². The van der Waals surface area contributed by atoms with Crippen molar-refractivity contribution >= 4 is 35.8 Å². The van der Waals surface area contributed by atoms with E-state index >= 15 is 14.4 Å². The molecule has 12 rings (SSSR count). The number of phenolic OH excluding ortho intramolecular Hbond substituents is 22. The molecule has 7 atom stereocenters. The van der Waals surface area contributed by atoms with Crippen LogP contribution in [0, 0.1) is 0 Å². The highest BCUT2D eigenvalue weighted by atomic mass is 16.6. The lowest BCUT2D eigenvalue weighted by atomic mass is 9.74. The second-order valence-corrected chi connectivity index (χ2v) is 22.2. The number of hydrogen-bond donors (Lipinski definition) is 22. The summed E-state index contributed by atoms with van der Waals surface area (Å²) in [5, 5.41) is 244. The summed E-state index contributed by atoms with van der Waals surface area (Å²) in [6.07, 6.45) is -16.4. The Balaban J connectivity index is 1.14. The van der Waals surface area contributed by atoms with Crippen LogP contribution in [0.2, 0.25) is 0 Å². The van der Waals surface area contributed by atoms with Gasteiger partial charge in [0, 0.05) is 57.0 Å². The van der Waals surface area contributed by atoms with E-state index in [0.717, 1.165) is 18.2 Å². The second kappa shape index (κ2) is 22.9. The topological polar surface area (TPSA) is 612 Å². The van der Waals surface area contributed by atoms with Crippen molar-refractivity contribution < 1.29 is 174 Å². The minimum absolute atomic E-state index is 0.135. The average molecular weight is 1360 g/mol. The molecular formula is C63H44O35. The van der Waals surface area contributed by atoms with Gasteiger partial charge >= 0.3 is 35.8 Å². The molecule has 98 heavy (non-hydrogen) atoms. The number of hydrogen-bond acceptors (Lipinski definition) is 35. The van der Waals surface area contributed by atoms with E-state index in [2.05, 4.69) is 0 Å². The van der Waals surface area contributed by atoms with Gasteiger partial charge in [-0.25, -0.2) is 28.8 Å². The van der Waals surface area contributed by atoms with Gasteiger partial charge in [-0.1, -0.05) is 6.07 Å². The first-order chi connectivity index (χ1) is 46.2. The van der Waals surface area contributed by atoms with E-state index in [1.807, 2.05) is 0 Å². The van der Waals surface area contributed by atoms with Gasteiger partial charge in [-0.05, 0) is 54.6 Å². The lowest BCUT2D eigenvalue weighted by Crippen LogP contribution is -2.56. The zero-order valence-corrected chi connectivity index (χ0v) is 48.5. The molecule has 4 heterocycles. The first-order valence-corrected chi connectivity index (χ1v) is 27.8. The number of phenols is 22. The first-order valence-electron chi connectivity index (χ1n) is 27.8. The highest BCUT2D eigenvalue weighted by Crippen LogP contribution is 2.62. The zero-order valence-electron chi connectivity index (χ0n) is 48.5. The molecule has 4 aliphatic heterocycles. The lowest BCUT2D eigenvalue weighted by Gasteiger charge is -2.43. The fourth-order valence-electron chi connectivity index (χ4n) is 11.9. The minimum Gasteiger partial charge on any atom is -0.507 e. The Labute approximate surface area is 541 Å². The molecule has 35 heteroatoms. The summed E-state index contributed by atoms with van der Waals surface area (Å²) in [5.41, 5.74) is -15.0. The summed E-state index contributed by atoms with van der Waals surface area (Å²) in [6, 6.07) is 6.81. The maximum atomic E-state index is 15.4. The van der Waals surface area contributed by atoms with E-state index in [1.165, 1.54) is 0 Å². The molecule has 0 aromatic heterocycles. The molecule has 0 radical (unpaired) electrons. The van der Waals surface area contributed by atoms with E-state index in [1.54, 1.807) is 0 Å². The minimum atomic E-state index is -3.11.